The lowest BCUT2D eigenvalue weighted by Gasteiger charge is -2.31. The number of amides is 1. The van der Waals surface area contributed by atoms with Crippen molar-refractivity contribution in [3.8, 4) is 17.2 Å². The summed E-state index contributed by atoms with van der Waals surface area (Å²) in [5, 5.41) is 13.2. The molecule has 2 heterocycles. The number of carbonyl (C=O) groups excluding carboxylic acids is 1. The predicted molar refractivity (Wildman–Crippen MR) is 144 cm³/mol. The van der Waals surface area contributed by atoms with Gasteiger partial charge in [0.05, 0.1) is 27.4 Å². The minimum absolute atomic E-state index is 0.0632. The third-order valence-corrected chi connectivity index (χ3v) is 7.73. The quantitative estimate of drug-likeness (QED) is 0.478. The predicted octanol–water partition coefficient (Wildman–Crippen LogP) is 3.79. The fourth-order valence-corrected chi connectivity index (χ4v) is 5.82. The molecule has 0 spiro atoms. The highest BCUT2D eigenvalue weighted by Crippen LogP contribution is 2.34. The molecule has 5 rings (SSSR count). The largest absolute Gasteiger partial charge is 0.497 e. The number of nitrogens with zero attached hydrogens (tertiary/aromatic N) is 2. The Hall–Kier alpha value is -3.29. The lowest BCUT2D eigenvalue weighted by atomic mass is 9.96. The maximum atomic E-state index is 13.3. The van der Waals surface area contributed by atoms with E-state index >= 15 is 0 Å². The van der Waals surface area contributed by atoms with Crippen LogP contribution in [-0.4, -0.2) is 81.0 Å². The van der Waals surface area contributed by atoms with E-state index in [0.29, 0.717) is 42.5 Å². The molecule has 1 saturated heterocycles. The summed E-state index contributed by atoms with van der Waals surface area (Å²) in [5.74, 6) is 2.55. The first-order valence-electron chi connectivity index (χ1n) is 13.0. The van der Waals surface area contributed by atoms with Gasteiger partial charge < -0.3 is 29.1 Å². The molecule has 1 N–H and O–H groups in total. The van der Waals surface area contributed by atoms with Crippen molar-refractivity contribution in [2.75, 3.05) is 54.1 Å². The highest BCUT2D eigenvalue weighted by Gasteiger charge is 2.31. The molecule has 0 saturated carbocycles. The van der Waals surface area contributed by atoms with Crippen molar-refractivity contribution < 1.29 is 24.1 Å². The third-order valence-electron chi connectivity index (χ3n) is 7.73. The zero-order valence-corrected chi connectivity index (χ0v) is 21.9. The topological polar surface area (TPSA) is 71.5 Å². The molecule has 2 unspecified atom stereocenters. The van der Waals surface area contributed by atoms with E-state index in [1.165, 1.54) is 0 Å². The summed E-state index contributed by atoms with van der Waals surface area (Å²) >= 11 is 0. The molecule has 196 valence electrons. The lowest BCUT2D eigenvalue weighted by Crippen LogP contribution is -2.41. The van der Waals surface area contributed by atoms with E-state index in [2.05, 4.69) is 23.1 Å². The van der Waals surface area contributed by atoms with Gasteiger partial charge in [0, 0.05) is 38.2 Å². The minimum atomic E-state index is -0.447. The Morgan fingerprint density at radius 2 is 1.81 bits per heavy atom. The van der Waals surface area contributed by atoms with Crippen LogP contribution in [-0.2, 0) is 12.8 Å². The maximum absolute atomic E-state index is 13.3. The summed E-state index contributed by atoms with van der Waals surface area (Å²) in [6.45, 7) is 3.93. The standard InChI is InChI=1S/C30H36N2O5/c1-35-25-7-8-26-21(5-4-6-22(26)14-25)13-24(33)19-31-11-9-20(17-31)18-32-12-10-23-15-28(36-2)29(37-3)16-27(23)30(32)34/h4-8,14-16,20,24,33H,9-13,17-19H2,1-3H3. The number of rotatable bonds is 9. The molecule has 37 heavy (non-hydrogen) atoms. The SMILES string of the molecule is COc1ccc2c(CC(O)CN3CCC(CN4CCc5cc(OC)c(OC)cc5C4=O)C3)cccc2c1. The van der Waals surface area contributed by atoms with Gasteiger partial charge in [0.1, 0.15) is 5.75 Å². The van der Waals surface area contributed by atoms with Gasteiger partial charge in [-0.05, 0) is 71.5 Å². The van der Waals surface area contributed by atoms with E-state index in [1.54, 1.807) is 21.3 Å². The van der Waals surface area contributed by atoms with Crippen LogP contribution in [0.25, 0.3) is 10.8 Å². The van der Waals surface area contributed by atoms with Crippen molar-refractivity contribution in [3.63, 3.8) is 0 Å². The van der Waals surface area contributed by atoms with E-state index < -0.39 is 6.10 Å². The molecule has 0 aromatic heterocycles. The number of methoxy groups -OCH3 is 3. The van der Waals surface area contributed by atoms with E-state index in [0.717, 1.165) is 60.1 Å². The van der Waals surface area contributed by atoms with Crippen LogP contribution < -0.4 is 14.2 Å². The molecule has 7 nitrogen and oxygen atoms in total. The normalized spacial score (nSPS) is 18.6. The molecule has 1 amide bonds. The van der Waals surface area contributed by atoms with Crippen LogP contribution in [0.4, 0.5) is 0 Å². The molecular formula is C30H36N2O5. The van der Waals surface area contributed by atoms with Crippen LogP contribution in [0.1, 0.15) is 27.9 Å². The van der Waals surface area contributed by atoms with Gasteiger partial charge in [0.25, 0.3) is 5.91 Å². The van der Waals surface area contributed by atoms with Crippen molar-refractivity contribution in [3.05, 3.63) is 65.2 Å². The number of likely N-dealkylation sites (tertiary alicyclic amines) is 1. The number of ether oxygens (including phenoxy) is 3. The summed E-state index contributed by atoms with van der Waals surface area (Å²) in [7, 11) is 4.88. The van der Waals surface area contributed by atoms with E-state index in [-0.39, 0.29) is 5.91 Å². The van der Waals surface area contributed by atoms with Crippen LogP contribution >= 0.6 is 0 Å². The Kier molecular flexibility index (Phi) is 7.53. The van der Waals surface area contributed by atoms with Crippen molar-refractivity contribution in [2.24, 2.45) is 5.92 Å². The highest BCUT2D eigenvalue weighted by molar-refractivity contribution is 5.97. The van der Waals surface area contributed by atoms with Crippen LogP contribution in [0, 0.1) is 5.92 Å². The monoisotopic (exact) mass is 504 g/mol. The molecule has 2 atom stereocenters. The number of β-amino-alcohol motifs (C(OH)–C–C–N with tert-alkyl or cyclic N) is 1. The minimum Gasteiger partial charge on any atom is -0.497 e. The first kappa shape index (κ1) is 25.4. The van der Waals surface area contributed by atoms with Crippen LogP contribution in [0.15, 0.2) is 48.5 Å². The molecule has 2 aliphatic heterocycles. The summed E-state index contributed by atoms with van der Waals surface area (Å²) < 4.78 is 16.2. The Morgan fingerprint density at radius 3 is 2.59 bits per heavy atom. The Bertz CT molecular complexity index is 1280. The Morgan fingerprint density at radius 1 is 1.00 bits per heavy atom. The van der Waals surface area contributed by atoms with E-state index in [9.17, 15) is 9.90 Å². The molecule has 3 aromatic carbocycles. The summed E-state index contributed by atoms with van der Waals surface area (Å²) in [5.41, 5.74) is 2.87. The van der Waals surface area contributed by atoms with Crippen molar-refractivity contribution in [1.82, 2.24) is 9.80 Å². The second kappa shape index (κ2) is 11.0. The smallest absolute Gasteiger partial charge is 0.254 e. The first-order chi connectivity index (χ1) is 18.0. The van der Waals surface area contributed by atoms with Crippen molar-refractivity contribution >= 4 is 16.7 Å². The second-order valence-electron chi connectivity index (χ2n) is 10.1. The molecule has 2 aliphatic rings. The van der Waals surface area contributed by atoms with Gasteiger partial charge in [0.2, 0.25) is 0 Å². The van der Waals surface area contributed by atoms with E-state index in [1.807, 2.05) is 35.2 Å². The zero-order valence-electron chi connectivity index (χ0n) is 21.9. The van der Waals surface area contributed by atoms with Crippen LogP contribution in [0.3, 0.4) is 0 Å². The van der Waals surface area contributed by atoms with Crippen LogP contribution in [0.5, 0.6) is 17.2 Å². The molecular weight excluding hydrogens is 468 g/mol. The van der Waals surface area contributed by atoms with Gasteiger partial charge in [-0.25, -0.2) is 0 Å². The van der Waals surface area contributed by atoms with E-state index in [4.69, 9.17) is 14.2 Å². The maximum Gasteiger partial charge on any atom is 0.254 e. The molecule has 7 heteroatoms. The molecule has 3 aromatic rings. The number of benzene rings is 3. The summed E-state index contributed by atoms with van der Waals surface area (Å²) in [4.78, 5) is 17.6. The second-order valence-corrected chi connectivity index (χ2v) is 10.1. The average Bonchev–Trinajstić information content (AvgIpc) is 3.35. The number of aliphatic hydroxyl groups is 1. The van der Waals surface area contributed by atoms with Gasteiger partial charge in [-0.15, -0.1) is 0 Å². The molecule has 1 fully saturated rings. The van der Waals surface area contributed by atoms with Crippen molar-refractivity contribution in [2.45, 2.75) is 25.4 Å². The first-order valence-corrected chi connectivity index (χ1v) is 13.0. The third kappa shape index (κ3) is 5.38. The zero-order chi connectivity index (χ0) is 25.9. The van der Waals surface area contributed by atoms with Crippen LogP contribution in [0.2, 0.25) is 0 Å². The number of fused-ring (bicyclic) bond motifs is 2. The fourth-order valence-electron chi connectivity index (χ4n) is 5.82. The van der Waals surface area contributed by atoms with Gasteiger partial charge in [0.15, 0.2) is 11.5 Å². The summed E-state index contributed by atoms with van der Waals surface area (Å²) in [6, 6.07) is 16.0. The average molecular weight is 505 g/mol. The van der Waals surface area contributed by atoms with Gasteiger partial charge in [-0.3, -0.25) is 4.79 Å². The fraction of sp³-hybridized carbons (Fsp3) is 0.433. The van der Waals surface area contributed by atoms with Gasteiger partial charge in [-0.2, -0.15) is 0 Å². The summed E-state index contributed by atoms with van der Waals surface area (Å²) in [6.07, 6.45) is 2.01. The number of hydrogen-bond donors (Lipinski definition) is 1. The number of carbonyl (C=O) groups is 1. The van der Waals surface area contributed by atoms with Crippen molar-refractivity contribution in [1.29, 1.82) is 0 Å². The van der Waals surface area contributed by atoms with Gasteiger partial charge in [-0.1, -0.05) is 24.3 Å². The lowest BCUT2D eigenvalue weighted by molar-refractivity contribution is 0.0707. The Balaban J connectivity index is 1.17. The Labute approximate surface area is 218 Å². The molecule has 0 radical (unpaired) electrons. The number of hydrogen-bond acceptors (Lipinski definition) is 6. The molecule has 0 bridgehead atoms. The highest BCUT2D eigenvalue weighted by atomic mass is 16.5. The van der Waals surface area contributed by atoms with Gasteiger partial charge >= 0.3 is 0 Å². The molecule has 0 aliphatic carbocycles. The number of aliphatic hydroxyl groups excluding tert-OH is 1.